The van der Waals surface area contributed by atoms with E-state index in [0.29, 0.717) is 30.3 Å². The van der Waals surface area contributed by atoms with Crippen molar-refractivity contribution in [3.63, 3.8) is 0 Å². The van der Waals surface area contributed by atoms with Crippen molar-refractivity contribution in [2.45, 2.75) is 19.3 Å². The van der Waals surface area contributed by atoms with Crippen LogP contribution in [0.5, 0.6) is 11.5 Å². The van der Waals surface area contributed by atoms with E-state index in [1.165, 1.54) is 0 Å². The topological polar surface area (TPSA) is 97.6 Å². The normalized spacial score (nSPS) is 23.7. The number of carbonyl (C=O) groups is 2. The second-order valence-electron chi connectivity index (χ2n) is 7.23. The van der Waals surface area contributed by atoms with E-state index in [9.17, 15) is 9.59 Å². The second kappa shape index (κ2) is 6.90. The van der Waals surface area contributed by atoms with Gasteiger partial charge in [-0.3, -0.25) is 9.78 Å². The lowest BCUT2D eigenvalue weighted by Crippen LogP contribution is -2.42. The number of amides is 3. The molecule has 7 nitrogen and oxygen atoms in total. The second-order valence-corrected chi connectivity index (χ2v) is 7.23. The third-order valence-electron chi connectivity index (χ3n) is 5.62. The Bertz CT molecular complexity index is 857. The highest BCUT2D eigenvalue weighted by Crippen LogP contribution is 2.48. The van der Waals surface area contributed by atoms with E-state index in [1.54, 1.807) is 41.6 Å². The Morgan fingerprint density at radius 3 is 2.78 bits per heavy atom. The number of primary amides is 1. The summed E-state index contributed by atoms with van der Waals surface area (Å²) in [7, 11) is 0. The standard InChI is InChI=1S/C20H22N4O3/c21-18(25)20-8-2-3-14(20)12-24(13-20)19(26)23-15-4-1-5-17(11-15)27-16-6-9-22-10-7-16/h1,4-7,9-11,14H,2-3,8,12-13H2,(H2,21,25)(H,23,26)/t14-,20-/m0/s1. The van der Waals surface area contributed by atoms with Gasteiger partial charge in [0.25, 0.3) is 0 Å². The van der Waals surface area contributed by atoms with Crippen molar-refractivity contribution in [1.29, 1.82) is 0 Å². The summed E-state index contributed by atoms with van der Waals surface area (Å²) in [4.78, 5) is 30.3. The zero-order valence-corrected chi connectivity index (χ0v) is 14.9. The molecule has 4 rings (SSSR count). The van der Waals surface area contributed by atoms with Gasteiger partial charge in [-0.1, -0.05) is 12.5 Å². The highest BCUT2D eigenvalue weighted by Gasteiger charge is 2.54. The average molecular weight is 366 g/mol. The molecule has 1 aliphatic carbocycles. The summed E-state index contributed by atoms with van der Waals surface area (Å²) in [5.41, 5.74) is 5.75. The van der Waals surface area contributed by atoms with Gasteiger partial charge in [0.1, 0.15) is 11.5 Å². The van der Waals surface area contributed by atoms with Gasteiger partial charge in [0, 0.05) is 37.2 Å². The third-order valence-corrected chi connectivity index (χ3v) is 5.62. The Morgan fingerprint density at radius 2 is 2.04 bits per heavy atom. The molecule has 7 heteroatoms. The first-order valence-corrected chi connectivity index (χ1v) is 9.11. The molecule has 2 fully saturated rings. The maximum atomic E-state index is 12.7. The summed E-state index contributed by atoms with van der Waals surface area (Å²) < 4.78 is 5.77. The van der Waals surface area contributed by atoms with Gasteiger partial charge < -0.3 is 20.7 Å². The molecule has 0 spiro atoms. The first-order valence-electron chi connectivity index (χ1n) is 9.11. The first kappa shape index (κ1) is 17.3. The first-order chi connectivity index (χ1) is 13.1. The maximum Gasteiger partial charge on any atom is 0.321 e. The number of anilines is 1. The van der Waals surface area contributed by atoms with Gasteiger partial charge in [-0.05, 0) is 43.0 Å². The fraction of sp³-hybridized carbons (Fsp3) is 0.350. The predicted molar refractivity (Wildman–Crippen MR) is 100 cm³/mol. The number of nitrogens with zero attached hydrogens (tertiary/aromatic N) is 2. The molecule has 3 N–H and O–H groups in total. The summed E-state index contributed by atoms with van der Waals surface area (Å²) in [5, 5.41) is 2.90. The molecule has 2 heterocycles. The molecule has 1 saturated carbocycles. The Balaban J connectivity index is 1.43. The van der Waals surface area contributed by atoms with Gasteiger partial charge in [-0.2, -0.15) is 0 Å². The van der Waals surface area contributed by atoms with Crippen molar-refractivity contribution in [2.75, 3.05) is 18.4 Å². The van der Waals surface area contributed by atoms with Gasteiger partial charge in [-0.15, -0.1) is 0 Å². The van der Waals surface area contributed by atoms with Crippen LogP contribution in [0.1, 0.15) is 19.3 Å². The van der Waals surface area contributed by atoms with E-state index >= 15 is 0 Å². The predicted octanol–water partition coefficient (Wildman–Crippen LogP) is 2.99. The molecule has 3 amide bonds. The number of ether oxygens (including phenoxy) is 1. The summed E-state index contributed by atoms with van der Waals surface area (Å²) in [5.74, 6) is 1.17. The number of hydrogen-bond acceptors (Lipinski definition) is 4. The molecule has 140 valence electrons. The molecule has 1 aromatic carbocycles. The van der Waals surface area contributed by atoms with Crippen LogP contribution in [-0.4, -0.2) is 34.9 Å². The number of benzene rings is 1. The number of nitrogens with one attached hydrogen (secondary N) is 1. The Labute approximate surface area is 157 Å². The van der Waals surface area contributed by atoms with E-state index in [2.05, 4.69) is 10.3 Å². The summed E-state index contributed by atoms with van der Waals surface area (Å²) in [6.45, 7) is 0.966. The van der Waals surface area contributed by atoms with Crippen LogP contribution >= 0.6 is 0 Å². The largest absolute Gasteiger partial charge is 0.457 e. The van der Waals surface area contributed by atoms with E-state index in [-0.39, 0.29) is 17.9 Å². The lowest BCUT2D eigenvalue weighted by Gasteiger charge is -2.24. The van der Waals surface area contributed by atoms with Crippen LogP contribution in [0.25, 0.3) is 0 Å². The fourth-order valence-electron chi connectivity index (χ4n) is 4.23. The Hall–Kier alpha value is -3.09. The van der Waals surface area contributed by atoms with Crippen LogP contribution in [0.2, 0.25) is 0 Å². The maximum absolute atomic E-state index is 12.7. The van der Waals surface area contributed by atoms with Crippen molar-refractivity contribution in [3.8, 4) is 11.5 Å². The van der Waals surface area contributed by atoms with Crippen LogP contribution < -0.4 is 15.8 Å². The molecule has 0 radical (unpaired) electrons. The monoisotopic (exact) mass is 366 g/mol. The molecule has 1 aromatic heterocycles. The van der Waals surface area contributed by atoms with Crippen LogP contribution in [-0.2, 0) is 4.79 Å². The average Bonchev–Trinajstić information content (AvgIpc) is 3.21. The van der Waals surface area contributed by atoms with Crippen molar-refractivity contribution in [3.05, 3.63) is 48.8 Å². The van der Waals surface area contributed by atoms with Gasteiger partial charge in [0.2, 0.25) is 5.91 Å². The number of nitrogens with two attached hydrogens (primary N) is 1. The zero-order valence-electron chi connectivity index (χ0n) is 14.9. The lowest BCUT2D eigenvalue weighted by molar-refractivity contribution is -0.128. The van der Waals surface area contributed by atoms with Gasteiger partial charge in [0.05, 0.1) is 5.41 Å². The zero-order chi connectivity index (χ0) is 18.9. The van der Waals surface area contributed by atoms with Crippen molar-refractivity contribution in [1.82, 2.24) is 9.88 Å². The van der Waals surface area contributed by atoms with Gasteiger partial charge >= 0.3 is 6.03 Å². The molecular weight excluding hydrogens is 344 g/mol. The number of rotatable bonds is 4. The van der Waals surface area contributed by atoms with E-state index < -0.39 is 5.41 Å². The summed E-state index contributed by atoms with van der Waals surface area (Å²) >= 11 is 0. The van der Waals surface area contributed by atoms with Crippen molar-refractivity contribution >= 4 is 17.6 Å². The molecule has 1 aliphatic heterocycles. The van der Waals surface area contributed by atoms with Crippen LogP contribution in [0.4, 0.5) is 10.5 Å². The Kier molecular flexibility index (Phi) is 4.43. The number of carbonyl (C=O) groups excluding carboxylic acids is 2. The van der Waals surface area contributed by atoms with E-state index in [1.807, 2.05) is 12.1 Å². The van der Waals surface area contributed by atoms with Crippen molar-refractivity contribution < 1.29 is 14.3 Å². The van der Waals surface area contributed by atoms with E-state index in [4.69, 9.17) is 10.5 Å². The Morgan fingerprint density at radius 1 is 1.22 bits per heavy atom. The highest BCUT2D eigenvalue weighted by atomic mass is 16.5. The molecular formula is C20H22N4O3. The number of urea groups is 1. The van der Waals surface area contributed by atoms with E-state index in [0.717, 1.165) is 19.3 Å². The number of fused-ring (bicyclic) bond motifs is 1. The molecule has 0 bridgehead atoms. The van der Waals surface area contributed by atoms with Crippen LogP contribution in [0.3, 0.4) is 0 Å². The van der Waals surface area contributed by atoms with Crippen molar-refractivity contribution in [2.24, 2.45) is 17.1 Å². The van der Waals surface area contributed by atoms with Gasteiger partial charge in [0.15, 0.2) is 0 Å². The number of pyridine rings is 1. The fourth-order valence-corrected chi connectivity index (χ4v) is 4.23. The molecule has 27 heavy (non-hydrogen) atoms. The summed E-state index contributed by atoms with van der Waals surface area (Å²) in [6.07, 6.45) is 6.02. The number of aromatic nitrogens is 1. The minimum atomic E-state index is -0.552. The molecule has 2 atom stereocenters. The van der Waals surface area contributed by atoms with Crippen LogP contribution in [0.15, 0.2) is 48.8 Å². The number of hydrogen-bond donors (Lipinski definition) is 2. The third kappa shape index (κ3) is 3.32. The molecule has 0 unspecified atom stereocenters. The number of likely N-dealkylation sites (tertiary alicyclic amines) is 1. The lowest BCUT2D eigenvalue weighted by atomic mass is 9.80. The smallest absolute Gasteiger partial charge is 0.321 e. The quantitative estimate of drug-likeness (QED) is 0.869. The van der Waals surface area contributed by atoms with Gasteiger partial charge in [-0.25, -0.2) is 4.79 Å². The minimum Gasteiger partial charge on any atom is -0.457 e. The minimum absolute atomic E-state index is 0.169. The summed E-state index contributed by atoms with van der Waals surface area (Å²) in [6, 6.07) is 10.5. The SMILES string of the molecule is NC(=O)[C@]12CCC[C@H]1CN(C(=O)Nc1cccc(Oc3ccncc3)c1)C2. The molecule has 2 aromatic rings. The molecule has 2 aliphatic rings. The highest BCUT2D eigenvalue weighted by molar-refractivity contribution is 5.91. The molecule has 1 saturated heterocycles. The van der Waals surface area contributed by atoms with Crippen LogP contribution in [0, 0.1) is 11.3 Å².